The fourth-order valence-electron chi connectivity index (χ4n) is 3.67. The second kappa shape index (κ2) is 17.2. The van der Waals surface area contributed by atoms with Crippen LogP contribution in [-0.2, 0) is 4.79 Å². The minimum absolute atomic E-state index is 0.0621. The Morgan fingerprint density at radius 1 is 0.800 bits per heavy atom. The van der Waals surface area contributed by atoms with E-state index in [1.54, 1.807) is 12.1 Å². The van der Waals surface area contributed by atoms with Crippen molar-refractivity contribution in [3.8, 4) is 0 Å². The number of benzene rings is 1. The first-order valence-corrected chi connectivity index (χ1v) is 12.4. The summed E-state index contributed by atoms with van der Waals surface area (Å²) in [5.41, 5.74) is 0.610. The summed E-state index contributed by atoms with van der Waals surface area (Å²) in [6.45, 7) is 2.26. The third-order valence-electron chi connectivity index (χ3n) is 5.52. The van der Waals surface area contributed by atoms with Gasteiger partial charge in [0.2, 0.25) is 5.91 Å². The maximum Gasteiger partial charge on any atom is 0.336 e. The van der Waals surface area contributed by atoms with Crippen LogP contribution in [0, 0.1) is 0 Å². The molecule has 0 saturated heterocycles. The first-order chi connectivity index (χ1) is 14.5. The quantitative estimate of drug-likeness (QED) is 0.162. The highest BCUT2D eigenvalue weighted by Crippen LogP contribution is 2.20. The van der Waals surface area contributed by atoms with Gasteiger partial charge in [-0.15, -0.1) is 12.6 Å². The molecule has 0 aliphatic heterocycles. The molecule has 0 bridgehead atoms. The van der Waals surface area contributed by atoms with Crippen molar-refractivity contribution < 1.29 is 14.7 Å². The van der Waals surface area contributed by atoms with Crippen LogP contribution < -0.4 is 5.32 Å². The number of carboxylic acids is 1. The second-order valence-corrected chi connectivity index (χ2v) is 8.77. The van der Waals surface area contributed by atoms with Gasteiger partial charge in [-0.1, -0.05) is 96.8 Å². The second-order valence-electron chi connectivity index (χ2n) is 8.29. The maximum absolute atomic E-state index is 12.0. The molecule has 1 aromatic rings. The molecule has 1 aromatic carbocycles. The molecule has 0 aromatic heterocycles. The number of hydrogen-bond donors (Lipinski definition) is 3. The minimum Gasteiger partial charge on any atom is -0.478 e. The lowest BCUT2D eigenvalue weighted by Gasteiger charge is -2.07. The van der Waals surface area contributed by atoms with Gasteiger partial charge in [0.05, 0.1) is 5.56 Å². The molecule has 5 heteroatoms. The zero-order valence-electron chi connectivity index (χ0n) is 18.8. The highest BCUT2D eigenvalue weighted by molar-refractivity contribution is 7.80. The minimum atomic E-state index is -1.04. The Balaban J connectivity index is 1.95. The average Bonchev–Trinajstić information content (AvgIpc) is 2.72. The van der Waals surface area contributed by atoms with Gasteiger partial charge in [0, 0.05) is 17.0 Å². The summed E-state index contributed by atoms with van der Waals surface area (Å²) in [7, 11) is 0. The lowest BCUT2D eigenvalue weighted by Crippen LogP contribution is -2.12. The molecule has 2 N–H and O–H groups in total. The number of carboxylic acid groups (broad SMARTS) is 1. The molecule has 0 saturated carbocycles. The van der Waals surface area contributed by atoms with Crippen LogP contribution >= 0.6 is 12.6 Å². The zero-order valence-corrected chi connectivity index (χ0v) is 19.7. The molecular weight excluding hydrogens is 394 g/mol. The van der Waals surface area contributed by atoms with Gasteiger partial charge in [0.25, 0.3) is 0 Å². The van der Waals surface area contributed by atoms with E-state index in [4.69, 9.17) is 5.11 Å². The van der Waals surface area contributed by atoms with Gasteiger partial charge in [-0.25, -0.2) is 4.79 Å². The number of anilines is 1. The monoisotopic (exact) mass is 435 g/mol. The Morgan fingerprint density at radius 2 is 1.27 bits per heavy atom. The van der Waals surface area contributed by atoms with Gasteiger partial charge < -0.3 is 10.4 Å². The van der Waals surface area contributed by atoms with Crippen molar-refractivity contribution in [1.82, 2.24) is 0 Å². The Morgan fingerprint density at radius 3 is 1.73 bits per heavy atom. The molecule has 0 atom stereocenters. The van der Waals surface area contributed by atoms with Crippen LogP contribution in [0.4, 0.5) is 5.69 Å². The molecule has 4 nitrogen and oxygen atoms in total. The number of thiol groups is 1. The highest BCUT2D eigenvalue weighted by Gasteiger charge is 2.10. The molecule has 1 rings (SSSR count). The lowest BCUT2D eigenvalue weighted by molar-refractivity contribution is -0.116. The van der Waals surface area contributed by atoms with E-state index in [-0.39, 0.29) is 11.5 Å². The van der Waals surface area contributed by atoms with Crippen molar-refractivity contribution >= 4 is 30.2 Å². The van der Waals surface area contributed by atoms with E-state index in [0.717, 1.165) is 12.8 Å². The van der Waals surface area contributed by atoms with Crippen LogP contribution in [0.15, 0.2) is 23.1 Å². The van der Waals surface area contributed by atoms with Crippen molar-refractivity contribution in [2.24, 2.45) is 0 Å². The maximum atomic E-state index is 12.0. The van der Waals surface area contributed by atoms with Gasteiger partial charge in [0.15, 0.2) is 0 Å². The van der Waals surface area contributed by atoms with Crippen molar-refractivity contribution in [2.75, 3.05) is 5.32 Å². The van der Waals surface area contributed by atoms with Crippen LogP contribution in [0.25, 0.3) is 0 Å². The number of aromatic carboxylic acids is 1. The molecule has 0 aliphatic carbocycles. The third-order valence-corrected chi connectivity index (χ3v) is 5.91. The summed E-state index contributed by atoms with van der Waals surface area (Å²) in [5.74, 6) is -1.11. The molecule has 30 heavy (non-hydrogen) atoms. The van der Waals surface area contributed by atoms with Crippen LogP contribution in [-0.4, -0.2) is 17.0 Å². The number of unbranched alkanes of at least 4 members (excludes halogenated alkanes) is 14. The number of nitrogens with one attached hydrogen (secondary N) is 1. The smallest absolute Gasteiger partial charge is 0.336 e. The number of carbonyl (C=O) groups excluding carboxylic acids is 1. The summed E-state index contributed by atoms with van der Waals surface area (Å²) in [4.78, 5) is 23.6. The van der Waals surface area contributed by atoms with E-state index in [0.29, 0.717) is 17.0 Å². The molecule has 0 fully saturated rings. The van der Waals surface area contributed by atoms with Gasteiger partial charge in [-0.2, -0.15) is 0 Å². The first kappa shape index (κ1) is 26.5. The standard InChI is InChI=1S/C25H41NO3S/c1-2-3-4-5-6-7-8-9-10-11-12-13-14-15-16-17-24(27)26-21-18-19-23(30)22(20-21)25(28)29/h18-20,30H,2-17H2,1H3,(H,26,27)(H,28,29). The van der Waals surface area contributed by atoms with E-state index in [1.165, 1.54) is 89.5 Å². The summed E-state index contributed by atoms with van der Waals surface area (Å²) < 4.78 is 0. The predicted molar refractivity (Wildman–Crippen MR) is 129 cm³/mol. The molecule has 0 radical (unpaired) electrons. The number of amides is 1. The van der Waals surface area contributed by atoms with Crippen molar-refractivity contribution in [2.45, 2.75) is 115 Å². The predicted octanol–water partition coefficient (Wildman–Crippen LogP) is 7.87. The van der Waals surface area contributed by atoms with Crippen molar-refractivity contribution in [3.05, 3.63) is 23.8 Å². The van der Waals surface area contributed by atoms with Crippen LogP contribution in [0.3, 0.4) is 0 Å². The fraction of sp³-hybridized carbons (Fsp3) is 0.680. The largest absolute Gasteiger partial charge is 0.478 e. The van der Waals surface area contributed by atoms with E-state index in [9.17, 15) is 9.59 Å². The topological polar surface area (TPSA) is 66.4 Å². The Bertz CT molecular complexity index is 618. The van der Waals surface area contributed by atoms with Crippen LogP contribution in [0.1, 0.15) is 120 Å². The summed E-state index contributed by atoms with van der Waals surface area (Å²) in [6.07, 6.45) is 20.0. The summed E-state index contributed by atoms with van der Waals surface area (Å²) >= 11 is 4.12. The van der Waals surface area contributed by atoms with Gasteiger partial charge in [0.1, 0.15) is 0 Å². The Kier molecular flexibility index (Phi) is 15.2. The molecule has 0 unspecified atom stereocenters. The highest BCUT2D eigenvalue weighted by atomic mass is 32.1. The summed E-state index contributed by atoms with van der Waals surface area (Å²) in [6, 6.07) is 4.73. The number of carbonyl (C=O) groups is 2. The lowest BCUT2D eigenvalue weighted by atomic mass is 10.0. The fourth-order valence-corrected chi connectivity index (χ4v) is 3.90. The van der Waals surface area contributed by atoms with Crippen molar-refractivity contribution in [1.29, 1.82) is 0 Å². The Hall–Kier alpha value is -1.49. The zero-order chi connectivity index (χ0) is 22.0. The summed E-state index contributed by atoms with van der Waals surface area (Å²) in [5, 5.41) is 11.9. The van der Waals surface area contributed by atoms with E-state index in [1.807, 2.05) is 0 Å². The SMILES string of the molecule is CCCCCCCCCCCCCCCCCC(=O)Nc1ccc(S)c(C(=O)O)c1. The van der Waals surface area contributed by atoms with Crippen molar-refractivity contribution in [3.63, 3.8) is 0 Å². The van der Waals surface area contributed by atoms with Crippen LogP contribution in [0.5, 0.6) is 0 Å². The van der Waals surface area contributed by atoms with Gasteiger partial charge in [-0.3, -0.25) is 4.79 Å². The molecule has 0 heterocycles. The normalized spacial score (nSPS) is 10.9. The molecule has 0 aliphatic rings. The van der Waals surface area contributed by atoms with E-state index in [2.05, 4.69) is 24.9 Å². The van der Waals surface area contributed by atoms with Crippen LogP contribution in [0.2, 0.25) is 0 Å². The molecule has 170 valence electrons. The molecule has 0 spiro atoms. The number of hydrogen-bond acceptors (Lipinski definition) is 3. The van der Waals surface area contributed by atoms with E-state index < -0.39 is 5.97 Å². The molecular formula is C25H41NO3S. The van der Waals surface area contributed by atoms with E-state index >= 15 is 0 Å². The van der Waals surface area contributed by atoms with Gasteiger partial charge in [-0.05, 0) is 24.6 Å². The first-order valence-electron chi connectivity index (χ1n) is 11.9. The van der Waals surface area contributed by atoms with Gasteiger partial charge >= 0.3 is 5.97 Å². The number of rotatable bonds is 18. The molecule has 1 amide bonds. The Labute approximate surface area is 188 Å². The third kappa shape index (κ3) is 12.9. The average molecular weight is 436 g/mol.